The fourth-order valence-corrected chi connectivity index (χ4v) is 2.91. The minimum atomic E-state index is -0.573. The molecule has 0 aliphatic carbocycles. The number of benzene rings is 2. The Morgan fingerprint density at radius 1 is 1.10 bits per heavy atom. The number of fused-ring (bicyclic) bond motifs is 1. The second kappa shape index (κ2) is 9.05. The molecule has 0 saturated carbocycles. The number of amides is 3. The van der Waals surface area contributed by atoms with Crippen LogP contribution >= 0.6 is 0 Å². The monoisotopic (exact) mass is 394 g/mol. The third kappa shape index (κ3) is 4.82. The third-order valence-electron chi connectivity index (χ3n) is 4.26. The summed E-state index contributed by atoms with van der Waals surface area (Å²) in [5.74, 6) is 0.281. The molecule has 0 radical (unpaired) electrons. The van der Waals surface area contributed by atoms with Crippen LogP contribution in [0.1, 0.15) is 19.1 Å². The lowest BCUT2D eigenvalue weighted by Gasteiger charge is -2.10. The van der Waals surface area contributed by atoms with Crippen molar-refractivity contribution < 1.29 is 18.7 Å². The molecule has 2 aromatic carbocycles. The topological polar surface area (TPSA) is 97.6 Å². The zero-order valence-electron chi connectivity index (χ0n) is 16.3. The summed E-state index contributed by atoms with van der Waals surface area (Å²) in [7, 11) is 0. The number of hydrogen-bond donors (Lipinski definition) is 2. The zero-order chi connectivity index (χ0) is 20.8. The number of hydrogen-bond acceptors (Lipinski definition) is 5. The normalized spacial score (nSPS) is 10.6. The van der Waals surface area contributed by atoms with E-state index in [1.54, 1.807) is 25.1 Å². The maximum Gasteiger partial charge on any atom is 0.321 e. The lowest BCUT2D eigenvalue weighted by atomic mass is 10.0. The third-order valence-corrected chi connectivity index (χ3v) is 4.26. The Bertz CT molecular complexity index is 1090. The average molecular weight is 394 g/mol. The van der Waals surface area contributed by atoms with Gasteiger partial charge < -0.3 is 14.5 Å². The van der Waals surface area contributed by atoms with Crippen LogP contribution in [0.15, 0.2) is 57.7 Å². The van der Waals surface area contributed by atoms with E-state index in [1.165, 1.54) is 0 Å². The van der Waals surface area contributed by atoms with E-state index >= 15 is 0 Å². The number of carbonyl (C=O) groups excluding carboxylic acids is 2. The zero-order valence-corrected chi connectivity index (χ0v) is 16.3. The van der Waals surface area contributed by atoms with E-state index in [9.17, 15) is 14.4 Å². The summed E-state index contributed by atoms with van der Waals surface area (Å²) in [6.07, 6.45) is 0.770. The van der Waals surface area contributed by atoms with Gasteiger partial charge in [-0.05, 0) is 31.0 Å². The standard InChI is InChI=1S/C22H22N2O5/c1-3-11-23-22(27)24-19(25)13-28-16-9-10-17-18(12-16)29-14(2)20(21(17)26)15-7-5-4-6-8-15/h4-10,12H,3,11,13H2,1-2H3,(H2,23,24,25,27). The molecule has 0 spiro atoms. The van der Waals surface area contributed by atoms with Gasteiger partial charge in [0.2, 0.25) is 5.43 Å². The molecule has 0 aliphatic rings. The first-order valence-corrected chi connectivity index (χ1v) is 9.33. The molecule has 0 unspecified atom stereocenters. The molecule has 0 saturated heterocycles. The Kier molecular flexibility index (Phi) is 6.29. The average Bonchev–Trinajstić information content (AvgIpc) is 2.71. The Balaban J connectivity index is 1.77. The maximum absolute atomic E-state index is 12.9. The van der Waals surface area contributed by atoms with Gasteiger partial charge >= 0.3 is 6.03 Å². The van der Waals surface area contributed by atoms with E-state index in [4.69, 9.17) is 9.15 Å². The van der Waals surface area contributed by atoms with Crippen LogP contribution < -0.4 is 20.8 Å². The highest BCUT2D eigenvalue weighted by molar-refractivity contribution is 5.95. The molecule has 3 amide bonds. The first-order chi connectivity index (χ1) is 14.0. The fraction of sp³-hybridized carbons (Fsp3) is 0.227. The van der Waals surface area contributed by atoms with Gasteiger partial charge in [-0.15, -0.1) is 0 Å². The largest absolute Gasteiger partial charge is 0.484 e. The van der Waals surface area contributed by atoms with Gasteiger partial charge in [0, 0.05) is 12.6 Å². The quantitative estimate of drug-likeness (QED) is 0.668. The van der Waals surface area contributed by atoms with Gasteiger partial charge in [0.15, 0.2) is 6.61 Å². The molecule has 1 aromatic heterocycles. The van der Waals surface area contributed by atoms with E-state index in [0.29, 0.717) is 34.6 Å². The summed E-state index contributed by atoms with van der Waals surface area (Å²) in [5, 5.41) is 5.14. The van der Waals surface area contributed by atoms with E-state index in [2.05, 4.69) is 10.6 Å². The van der Waals surface area contributed by atoms with Crippen molar-refractivity contribution in [1.29, 1.82) is 0 Å². The van der Waals surface area contributed by atoms with Gasteiger partial charge in [0.05, 0.1) is 10.9 Å². The van der Waals surface area contributed by atoms with Gasteiger partial charge in [-0.1, -0.05) is 37.3 Å². The molecule has 0 bridgehead atoms. The Morgan fingerprint density at radius 2 is 1.86 bits per heavy atom. The molecular weight excluding hydrogens is 372 g/mol. The highest BCUT2D eigenvalue weighted by Crippen LogP contribution is 2.26. The molecular formula is C22H22N2O5. The van der Waals surface area contributed by atoms with Crippen LogP contribution in [-0.4, -0.2) is 25.1 Å². The van der Waals surface area contributed by atoms with Crippen LogP contribution in [0.5, 0.6) is 5.75 Å². The number of nitrogens with one attached hydrogen (secondary N) is 2. The minimum Gasteiger partial charge on any atom is -0.484 e. The number of aryl methyl sites for hydroxylation is 1. The first-order valence-electron chi connectivity index (χ1n) is 9.33. The van der Waals surface area contributed by atoms with Crippen LogP contribution in [0.3, 0.4) is 0 Å². The van der Waals surface area contributed by atoms with E-state index < -0.39 is 11.9 Å². The summed E-state index contributed by atoms with van der Waals surface area (Å²) in [5.41, 5.74) is 1.54. The molecule has 0 atom stereocenters. The van der Waals surface area contributed by atoms with Crippen molar-refractivity contribution in [3.63, 3.8) is 0 Å². The highest BCUT2D eigenvalue weighted by atomic mass is 16.5. The van der Waals surface area contributed by atoms with Crippen LogP contribution in [0.25, 0.3) is 22.1 Å². The van der Waals surface area contributed by atoms with Crippen molar-refractivity contribution in [2.45, 2.75) is 20.3 Å². The summed E-state index contributed by atoms with van der Waals surface area (Å²) in [4.78, 5) is 36.2. The molecule has 0 aliphatic heterocycles. The molecule has 2 N–H and O–H groups in total. The predicted molar refractivity (Wildman–Crippen MR) is 110 cm³/mol. The van der Waals surface area contributed by atoms with Crippen LogP contribution in [0, 0.1) is 6.92 Å². The molecule has 7 heteroatoms. The summed E-state index contributed by atoms with van der Waals surface area (Å²) in [6.45, 7) is 3.79. The number of imide groups is 1. The second-order valence-corrected chi connectivity index (χ2v) is 6.48. The Morgan fingerprint density at radius 3 is 2.59 bits per heavy atom. The minimum absolute atomic E-state index is 0.133. The van der Waals surface area contributed by atoms with Gasteiger partial charge in [-0.25, -0.2) is 4.79 Å². The van der Waals surface area contributed by atoms with Gasteiger partial charge in [0.25, 0.3) is 5.91 Å². The molecule has 150 valence electrons. The SMILES string of the molecule is CCCNC(=O)NC(=O)COc1ccc2c(=O)c(-c3ccccc3)c(C)oc2c1. The van der Waals surface area contributed by atoms with Crippen molar-refractivity contribution in [2.24, 2.45) is 0 Å². The maximum atomic E-state index is 12.9. The van der Waals surface area contributed by atoms with Crippen LogP contribution in [0.2, 0.25) is 0 Å². The van der Waals surface area contributed by atoms with Crippen molar-refractivity contribution in [2.75, 3.05) is 13.2 Å². The molecule has 0 fully saturated rings. The lowest BCUT2D eigenvalue weighted by molar-refractivity contribution is -0.122. The Labute approximate surface area is 167 Å². The molecule has 3 rings (SSSR count). The van der Waals surface area contributed by atoms with Gasteiger partial charge in [-0.3, -0.25) is 14.9 Å². The van der Waals surface area contributed by atoms with Crippen LogP contribution in [-0.2, 0) is 4.79 Å². The van der Waals surface area contributed by atoms with E-state index in [-0.39, 0.29) is 12.0 Å². The fourth-order valence-electron chi connectivity index (χ4n) is 2.91. The van der Waals surface area contributed by atoms with Crippen molar-refractivity contribution in [3.05, 3.63) is 64.5 Å². The van der Waals surface area contributed by atoms with Gasteiger partial charge in [0.1, 0.15) is 17.1 Å². The summed E-state index contributed by atoms with van der Waals surface area (Å²) in [6, 6.07) is 13.5. The number of ether oxygens (including phenoxy) is 1. The summed E-state index contributed by atoms with van der Waals surface area (Å²) < 4.78 is 11.3. The van der Waals surface area contributed by atoms with Crippen LogP contribution in [0.4, 0.5) is 4.79 Å². The highest BCUT2D eigenvalue weighted by Gasteiger charge is 2.14. The van der Waals surface area contributed by atoms with E-state index in [0.717, 1.165) is 12.0 Å². The second-order valence-electron chi connectivity index (χ2n) is 6.48. The lowest BCUT2D eigenvalue weighted by Crippen LogP contribution is -2.41. The van der Waals surface area contributed by atoms with E-state index in [1.807, 2.05) is 37.3 Å². The smallest absolute Gasteiger partial charge is 0.321 e. The Hall–Kier alpha value is -3.61. The number of urea groups is 1. The van der Waals surface area contributed by atoms with Crippen molar-refractivity contribution in [3.8, 4) is 16.9 Å². The molecule has 3 aromatic rings. The molecule has 7 nitrogen and oxygen atoms in total. The summed E-state index contributed by atoms with van der Waals surface area (Å²) >= 11 is 0. The number of carbonyl (C=O) groups is 2. The predicted octanol–water partition coefficient (Wildman–Crippen LogP) is 3.38. The number of rotatable bonds is 6. The molecule has 1 heterocycles. The first kappa shape index (κ1) is 20.1. The van der Waals surface area contributed by atoms with Gasteiger partial charge in [-0.2, -0.15) is 0 Å². The molecule has 29 heavy (non-hydrogen) atoms. The van der Waals surface area contributed by atoms with Crippen molar-refractivity contribution in [1.82, 2.24) is 10.6 Å². The van der Waals surface area contributed by atoms with Crippen molar-refractivity contribution >= 4 is 22.9 Å².